The predicted octanol–water partition coefficient (Wildman–Crippen LogP) is 4.61. The highest BCUT2D eigenvalue weighted by Crippen LogP contribution is 2.45. The Morgan fingerprint density at radius 1 is 1.11 bits per heavy atom. The maximum atomic E-state index is 13.0. The summed E-state index contributed by atoms with van der Waals surface area (Å²) in [6.45, 7) is 6.79. The number of hydrogen-bond donors (Lipinski definition) is 0. The van der Waals surface area contributed by atoms with Gasteiger partial charge in [0, 0.05) is 29.3 Å². The molecule has 5 nitrogen and oxygen atoms in total. The van der Waals surface area contributed by atoms with E-state index < -0.39 is 11.8 Å². The Kier molecular flexibility index (Phi) is 6.65. The quantitative estimate of drug-likeness (QED) is 0.645. The van der Waals surface area contributed by atoms with Crippen molar-refractivity contribution >= 4 is 17.5 Å². The standard InChI is InChI=1S/C23H29NO4/c1-4-13-27-19-12-7-6-9-16(19)21-20(23(26)28-14-5-2)15(3)24-17-10-8-11-18(25)22(17)21/h6-7,9,12,21-22H,4-5,8,10-11,13-14H2,1-3H3/t21-,22?/m0/s1. The maximum absolute atomic E-state index is 13.0. The molecule has 1 saturated carbocycles. The van der Waals surface area contributed by atoms with Gasteiger partial charge in [0.2, 0.25) is 0 Å². The summed E-state index contributed by atoms with van der Waals surface area (Å²) in [6, 6.07) is 7.72. The molecule has 2 aliphatic rings. The fraction of sp³-hybridized carbons (Fsp3) is 0.522. The van der Waals surface area contributed by atoms with Crippen molar-refractivity contribution in [3.8, 4) is 5.75 Å². The Hall–Kier alpha value is -2.43. The van der Waals surface area contributed by atoms with Gasteiger partial charge in [0.15, 0.2) is 0 Å². The smallest absolute Gasteiger partial charge is 0.336 e. The topological polar surface area (TPSA) is 65.0 Å². The maximum Gasteiger partial charge on any atom is 0.336 e. The fourth-order valence-electron chi connectivity index (χ4n) is 4.07. The van der Waals surface area contributed by atoms with Crippen LogP contribution in [0.25, 0.3) is 0 Å². The van der Waals surface area contributed by atoms with Gasteiger partial charge in [-0.05, 0) is 38.7 Å². The first-order chi connectivity index (χ1) is 13.6. The zero-order valence-electron chi connectivity index (χ0n) is 17.0. The van der Waals surface area contributed by atoms with Crippen LogP contribution >= 0.6 is 0 Å². The molecule has 0 spiro atoms. The van der Waals surface area contributed by atoms with E-state index in [2.05, 4.69) is 11.9 Å². The number of nitrogens with zero attached hydrogens (tertiary/aromatic N) is 1. The molecule has 150 valence electrons. The van der Waals surface area contributed by atoms with Gasteiger partial charge >= 0.3 is 5.97 Å². The number of allylic oxidation sites excluding steroid dienone is 1. The number of aliphatic imine (C=N–C) groups is 1. The Labute approximate surface area is 166 Å². The summed E-state index contributed by atoms with van der Waals surface area (Å²) in [7, 11) is 0. The number of rotatable bonds is 7. The lowest BCUT2D eigenvalue weighted by Crippen LogP contribution is -2.39. The Balaban J connectivity index is 2.11. The molecule has 1 aliphatic carbocycles. The molecule has 28 heavy (non-hydrogen) atoms. The number of benzene rings is 1. The zero-order valence-corrected chi connectivity index (χ0v) is 17.0. The zero-order chi connectivity index (χ0) is 20.1. The summed E-state index contributed by atoms with van der Waals surface area (Å²) in [4.78, 5) is 30.6. The molecule has 0 saturated heterocycles. The average molecular weight is 383 g/mol. The molecule has 1 fully saturated rings. The van der Waals surface area contributed by atoms with Gasteiger partial charge < -0.3 is 9.47 Å². The van der Waals surface area contributed by atoms with Gasteiger partial charge in [-0.25, -0.2) is 4.79 Å². The van der Waals surface area contributed by atoms with Gasteiger partial charge in [-0.1, -0.05) is 32.0 Å². The highest BCUT2D eigenvalue weighted by molar-refractivity contribution is 6.11. The number of ketones is 1. The van der Waals surface area contributed by atoms with Crippen molar-refractivity contribution in [2.45, 2.75) is 58.8 Å². The van der Waals surface area contributed by atoms with Crippen LogP contribution in [0.5, 0.6) is 5.75 Å². The molecular weight excluding hydrogens is 354 g/mol. The summed E-state index contributed by atoms with van der Waals surface area (Å²) in [6.07, 6.45) is 3.76. The van der Waals surface area contributed by atoms with Crippen molar-refractivity contribution < 1.29 is 19.1 Å². The van der Waals surface area contributed by atoms with E-state index in [9.17, 15) is 9.59 Å². The summed E-state index contributed by atoms with van der Waals surface area (Å²) in [5.41, 5.74) is 2.89. The van der Waals surface area contributed by atoms with Crippen LogP contribution in [0.1, 0.15) is 64.4 Å². The molecule has 0 N–H and O–H groups in total. The molecule has 1 aromatic rings. The van der Waals surface area contributed by atoms with Crippen molar-refractivity contribution in [1.29, 1.82) is 0 Å². The van der Waals surface area contributed by atoms with Crippen molar-refractivity contribution in [2.75, 3.05) is 13.2 Å². The van der Waals surface area contributed by atoms with Crippen molar-refractivity contribution in [2.24, 2.45) is 10.9 Å². The highest BCUT2D eigenvalue weighted by Gasteiger charge is 2.44. The molecule has 0 amide bonds. The van der Waals surface area contributed by atoms with E-state index in [4.69, 9.17) is 9.47 Å². The minimum atomic E-state index is -0.409. The molecule has 0 bridgehead atoms. The first-order valence-electron chi connectivity index (χ1n) is 10.3. The normalized spacial score (nSPS) is 21.8. The second-order valence-corrected chi connectivity index (χ2v) is 7.40. The van der Waals surface area contributed by atoms with E-state index in [0.29, 0.717) is 30.9 Å². The number of Topliss-reactive ketones (excluding diaryl/α,β-unsaturated/α-hetero) is 1. The lowest BCUT2D eigenvalue weighted by molar-refractivity contribution is -0.139. The Bertz CT molecular complexity index is 809. The molecule has 3 rings (SSSR count). The second kappa shape index (κ2) is 9.18. The van der Waals surface area contributed by atoms with E-state index in [1.54, 1.807) is 0 Å². The van der Waals surface area contributed by atoms with Crippen molar-refractivity contribution in [3.63, 3.8) is 0 Å². The second-order valence-electron chi connectivity index (χ2n) is 7.40. The fourth-order valence-corrected chi connectivity index (χ4v) is 4.07. The van der Waals surface area contributed by atoms with E-state index in [1.807, 2.05) is 38.1 Å². The predicted molar refractivity (Wildman–Crippen MR) is 109 cm³/mol. The average Bonchev–Trinajstić information content (AvgIpc) is 2.70. The van der Waals surface area contributed by atoms with Crippen molar-refractivity contribution in [1.82, 2.24) is 0 Å². The third-order valence-corrected chi connectivity index (χ3v) is 5.28. The molecule has 1 aromatic carbocycles. The Morgan fingerprint density at radius 2 is 1.86 bits per heavy atom. The highest BCUT2D eigenvalue weighted by atomic mass is 16.5. The van der Waals surface area contributed by atoms with Gasteiger partial charge in [-0.15, -0.1) is 0 Å². The van der Waals surface area contributed by atoms with Crippen LogP contribution < -0.4 is 4.74 Å². The Morgan fingerprint density at radius 3 is 2.61 bits per heavy atom. The van der Waals surface area contributed by atoms with E-state index in [-0.39, 0.29) is 11.8 Å². The minimum absolute atomic E-state index is 0.147. The first kappa shape index (κ1) is 20.3. The van der Waals surface area contributed by atoms with Crippen LogP contribution in [0, 0.1) is 5.92 Å². The molecule has 1 heterocycles. The number of para-hydroxylation sites is 1. The van der Waals surface area contributed by atoms with Crippen LogP contribution in [-0.2, 0) is 14.3 Å². The molecule has 5 heteroatoms. The van der Waals surface area contributed by atoms with E-state index in [0.717, 1.165) is 42.7 Å². The minimum Gasteiger partial charge on any atom is -0.493 e. The molecule has 0 aromatic heterocycles. The lowest BCUT2D eigenvalue weighted by Gasteiger charge is -2.36. The monoisotopic (exact) mass is 383 g/mol. The van der Waals surface area contributed by atoms with Crippen LogP contribution in [-0.4, -0.2) is 30.7 Å². The van der Waals surface area contributed by atoms with Gasteiger partial charge in [-0.3, -0.25) is 9.79 Å². The number of fused-ring (bicyclic) bond motifs is 1. The third-order valence-electron chi connectivity index (χ3n) is 5.28. The van der Waals surface area contributed by atoms with Gasteiger partial charge in [0.25, 0.3) is 0 Å². The lowest BCUT2D eigenvalue weighted by atomic mass is 9.69. The molecular formula is C23H29NO4. The summed E-state index contributed by atoms with van der Waals surface area (Å²) < 4.78 is 11.4. The number of hydrogen-bond acceptors (Lipinski definition) is 5. The number of carbonyl (C=O) groups is 2. The SMILES string of the molecule is CCCOC(=O)C1=C(C)N=C2CCCC(=O)C2[C@H]1c1ccccc1OCCC. The van der Waals surface area contributed by atoms with Crippen molar-refractivity contribution in [3.05, 3.63) is 41.1 Å². The van der Waals surface area contributed by atoms with Crippen LogP contribution in [0.2, 0.25) is 0 Å². The van der Waals surface area contributed by atoms with Gasteiger partial charge in [0.1, 0.15) is 11.5 Å². The van der Waals surface area contributed by atoms with E-state index in [1.165, 1.54) is 0 Å². The van der Waals surface area contributed by atoms with Gasteiger partial charge in [-0.2, -0.15) is 0 Å². The molecule has 1 aliphatic heterocycles. The number of carbonyl (C=O) groups excluding carboxylic acids is 2. The summed E-state index contributed by atoms with van der Waals surface area (Å²) >= 11 is 0. The van der Waals surface area contributed by atoms with Gasteiger partial charge in [0.05, 0.1) is 24.7 Å². The molecule has 1 unspecified atom stereocenters. The molecule has 2 atom stereocenters. The van der Waals surface area contributed by atoms with Crippen LogP contribution in [0.15, 0.2) is 40.5 Å². The largest absolute Gasteiger partial charge is 0.493 e. The third kappa shape index (κ3) is 4.03. The number of esters is 1. The summed E-state index contributed by atoms with van der Waals surface area (Å²) in [5.74, 6) is -0.322. The molecule has 0 radical (unpaired) electrons. The van der Waals surface area contributed by atoms with Crippen LogP contribution in [0.3, 0.4) is 0 Å². The first-order valence-corrected chi connectivity index (χ1v) is 10.3. The summed E-state index contributed by atoms with van der Waals surface area (Å²) in [5, 5.41) is 0. The van der Waals surface area contributed by atoms with E-state index >= 15 is 0 Å². The number of ether oxygens (including phenoxy) is 2. The van der Waals surface area contributed by atoms with Crippen LogP contribution in [0.4, 0.5) is 0 Å².